The van der Waals surface area contributed by atoms with Crippen LogP contribution in [0, 0.1) is 0 Å². The quantitative estimate of drug-likeness (QED) is 0.750. The Kier molecular flexibility index (Phi) is 6.23. The topological polar surface area (TPSA) is 30.3 Å². The number of imidazole rings is 1. The minimum Gasteiger partial charge on any atom is -0.383 e. The Hall–Kier alpha value is -1.36. The molecule has 0 aliphatic heterocycles. The predicted octanol–water partition coefficient (Wildman–Crippen LogP) is 3.21. The summed E-state index contributed by atoms with van der Waals surface area (Å²) in [6.07, 6.45) is 3.80. The molecule has 114 valence electrons. The van der Waals surface area contributed by atoms with E-state index < -0.39 is 0 Å². The molecule has 5 heteroatoms. The van der Waals surface area contributed by atoms with Gasteiger partial charge in [0.1, 0.15) is 0 Å². The zero-order chi connectivity index (χ0) is 15.1. The van der Waals surface area contributed by atoms with Gasteiger partial charge in [0.15, 0.2) is 0 Å². The highest BCUT2D eigenvalue weighted by Crippen LogP contribution is 2.18. The summed E-state index contributed by atoms with van der Waals surface area (Å²) in [5, 5.41) is 0.809. The molecule has 0 N–H and O–H groups in total. The molecule has 0 radical (unpaired) electrons. The number of methoxy groups -OCH3 is 1. The second-order valence-electron chi connectivity index (χ2n) is 4.97. The van der Waals surface area contributed by atoms with Crippen molar-refractivity contribution in [3.63, 3.8) is 0 Å². The SMILES string of the molecule is CCn1cncc1CN(CCOC)Cc1ccccc1Cl. The van der Waals surface area contributed by atoms with Crippen LogP contribution in [0.3, 0.4) is 0 Å². The average molecular weight is 308 g/mol. The van der Waals surface area contributed by atoms with Gasteiger partial charge in [0.2, 0.25) is 0 Å². The van der Waals surface area contributed by atoms with Gasteiger partial charge in [-0.05, 0) is 18.6 Å². The van der Waals surface area contributed by atoms with E-state index in [9.17, 15) is 0 Å². The summed E-state index contributed by atoms with van der Waals surface area (Å²) in [7, 11) is 1.73. The van der Waals surface area contributed by atoms with Crippen LogP contribution in [0.4, 0.5) is 0 Å². The lowest BCUT2D eigenvalue weighted by Crippen LogP contribution is -2.27. The van der Waals surface area contributed by atoms with Crippen molar-refractivity contribution in [3.8, 4) is 0 Å². The van der Waals surface area contributed by atoms with Crippen LogP contribution in [0.25, 0.3) is 0 Å². The van der Waals surface area contributed by atoms with Crippen molar-refractivity contribution in [3.05, 3.63) is 53.1 Å². The summed E-state index contributed by atoms with van der Waals surface area (Å²) in [4.78, 5) is 6.56. The predicted molar refractivity (Wildman–Crippen MR) is 85.3 cm³/mol. The van der Waals surface area contributed by atoms with Gasteiger partial charge < -0.3 is 9.30 Å². The summed E-state index contributed by atoms with van der Waals surface area (Å²) >= 11 is 6.27. The van der Waals surface area contributed by atoms with E-state index in [4.69, 9.17) is 16.3 Å². The Morgan fingerprint density at radius 2 is 2.10 bits per heavy atom. The molecule has 0 aliphatic carbocycles. The van der Waals surface area contributed by atoms with Gasteiger partial charge in [-0.3, -0.25) is 4.90 Å². The molecule has 0 saturated carbocycles. The number of ether oxygens (including phenoxy) is 1. The molecule has 0 atom stereocenters. The maximum Gasteiger partial charge on any atom is 0.0948 e. The Labute approximate surface area is 131 Å². The fourth-order valence-corrected chi connectivity index (χ4v) is 2.49. The molecule has 1 heterocycles. The van der Waals surface area contributed by atoms with Crippen molar-refractivity contribution in [2.45, 2.75) is 26.6 Å². The van der Waals surface area contributed by atoms with E-state index in [1.54, 1.807) is 7.11 Å². The minimum atomic E-state index is 0.699. The van der Waals surface area contributed by atoms with Crippen LogP contribution in [0.15, 0.2) is 36.8 Å². The van der Waals surface area contributed by atoms with Crippen LogP contribution in [-0.2, 0) is 24.4 Å². The number of halogens is 1. The van der Waals surface area contributed by atoms with Gasteiger partial charge in [-0.2, -0.15) is 0 Å². The van der Waals surface area contributed by atoms with Crippen molar-refractivity contribution in [1.82, 2.24) is 14.5 Å². The Balaban J connectivity index is 2.09. The first kappa shape index (κ1) is 16.0. The third-order valence-corrected chi connectivity index (χ3v) is 3.86. The van der Waals surface area contributed by atoms with Gasteiger partial charge in [-0.25, -0.2) is 4.98 Å². The highest BCUT2D eigenvalue weighted by molar-refractivity contribution is 6.31. The van der Waals surface area contributed by atoms with E-state index in [1.807, 2.05) is 30.7 Å². The fraction of sp³-hybridized carbons (Fsp3) is 0.438. The molecule has 0 bridgehead atoms. The summed E-state index contributed by atoms with van der Waals surface area (Å²) in [5.41, 5.74) is 2.35. The largest absolute Gasteiger partial charge is 0.383 e. The number of benzene rings is 1. The fourth-order valence-electron chi connectivity index (χ4n) is 2.30. The maximum atomic E-state index is 6.27. The van der Waals surface area contributed by atoms with Crippen molar-refractivity contribution in [1.29, 1.82) is 0 Å². The second kappa shape index (κ2) is 8.17. The van der Waals surface area contributed by atoms with Gasteiger partial charge in [0.05, 0.1) is 18.6 Å². The van der Waals surface area contributed by atoms with Gasteiger partial charge in [0, 0.05) is 44.5 Å². The van der Waals surface area contributed by atoms with Crippen LogP contribution in [0.5, 0.6) is 0 Å². The molecule has 0 amide bonds. The molecular weight excluding hydrogens is 286 g/mol. The number of hydrogen-bond donors (Lipinski definition) is 0. The average Bonchev–Trinajstić information content (AvgIpc) is 2.94. The maximum absolute atomic E-state index is 6.27. The molecule has 1 aromatic heterocycles. The molecule has 2 aromatic rings. The van der Waals surface area contributed by atoms with Crippen molar-refractivity contribution >= 4 is 11.6 Å². The van der Waals surface area contributed by atoms with E-state index in [-0.39, 0.29) is 0 Å². The van der Waals surface area contributed by atoms with Gasteiger partial charge >= 0.3 is 0 Å². The molecule has 0 spiro atoms. The van der Waals surface area contributed by atoms with Crippen LogP contribution in [-0.4, -0.2) is 34.7 Å². The van der Waals surface area contributed by atoms with Crippen LogP contribution in [0.2, 0.25) is 5.02 Å². The minimum absolute atomic E-state index is 0.699. The van der Waals surface area contributed by atoms with E-state index in [0.29, 0.717) is 6.61 Å². The zero-order valence-electron chi connectivity index (χ0n) is 12.6. The first-order valence-electron chi connectivity index (χ1n) is 7.18. The highest BCUT2D eigenvalue weighted by atomic mass is 35.5. The molecule has 1 aromatic carbocycles. The molecule has 0 aliphatic rings. The number of hydrogen-bond acceptors (Lipinski definition) is 3. The van der Waals surface area contributed by atoms with Gasteiger partial charge in [-0.15, -0.1) is 0 Å². The van der Waals surface area contributed by atoms with Crippen LogP contribution >= 0.6 is 11.6 Å². The highest BCUT2D eigenvalue weighted by Gasteiger charge is 2.11. The van der Waals surface area contributed by atoms with E-state index in [1.165, 1.54) is 5.69 Å². The van der Waals surface area contributed by atoms with E-state index in [2.05, 4.69) is 27.4 Å². The third-order valence-electron chi connectivity index (χ3n) is 3.49. The lowest BCUT2D eigenvalue weighted by atomic mass is 10.2. The molecule has 0 saturated heterocycles. The Morgan fingerprint density at radius 3 is 2.81 bits per heavy atom. The van der Waals surface area contributed by atoms with E-state index >= 15 is 0 Å². The smallest absolute Gasteiger partial charge is 0.0948 e. The molecule has 21 heavy (non-hydrogen) atoms. The molecule has 2 rings (SSSR count). The first-order valence-corrected chi connectivity index (χ1v) is 7.56. The third kappa shape index (κ3) is 4.56. The van der Waals surface area contributed by atoms with Crippen LogP contribution in [0.1, 0.15) is 18.2 Å². The molecule has 0 fully saturated rings. The number of aryl methyl sites for hydroxylation is 1. The van der Waals surface area contributed by atoms with Crippen molar-refractivity contribution in [2.75, 3.05) is 20.3 Å². The summed E-state index contributed by atoms with van der Waals surface area (Å²) in [5.74, 6) is 0. The van der Waals surface area contributed by atoms with Crippen molar-refractivity contribution in [2.24, 2.45) is 0 Å². The molecule has 4 nitrogen and oxygen atoms in total. The standard InChI is InChI=1S/C16H22ClN3O/c1-3-20-13-18-10-15(20)12-19(8-9-21-2)11-14-6-4-5-7-16(14)17/h4-7,10,13H,3,8-9,11-12H2,1-2H3. The molecular formula is C16H22ClN3O. The van der Waals surface area contributed by atoms with Crippen LogP contribution < -0.4 is 0 Å². The van der Waals surface area contributed by atoms with E-state index in [0.717, 1.165) is 36.8 Å². The monoisotopic (exact) mass is 307 g/mol. The van der Waals surface area contributed by atoms with Crippen molar-refractivity contribution < 1.29 is 4.74 Å². The second-order valence-corrected chi connectivity index (χ2v) is 5.37. The summed E-state index contributed by atoms with van der Waals surface area (Å²) in [6, 6.07) is 7.98. The Bertz CT molecular complexity index is 556. The lowest BCUT2D eigenvalue weighted by molar-refractivity contribution is 0.138. The number of nitrogens with zero attached hydrogens (tertiary/aromatic N) is 3. The first-order chi connectivity index (χ1) is 10.2. The normalized spacial score (nSPS) is 11.2. The van der Waals surface area contributed by atoms with Gasteiger partial charge in [-0.1, -0.05) is 29.8 Å². The number of aromatic nitrogens is 2. The summed E-state index contributed by atoms with van der Waals surface area (Å²) in [6.45, 7) is 6.25. The van der Waals surface area contributed by atoms with Gasteiger partial charge in [0.25, 0.3) is 0 Å². The zero-order valence-corrected chi connectivity index (χ0v) is 13.4. The summed E-state index contributed by atoms with van der Waals surface area (Å²) < 4.78 is 7.38. The molecule has 0 unspecified atom stereocenters. The Morgan fingerprint density at radius 1 is 1.29 bits per heavy atom. The lowest BCUT2D eigenvalue weighted by Gasteiger charge is -2.23. The number of rotatable bonds is 8.